The van der Waals surface area contributed by atoms with Crippen molar-refractivity contribution in [3.05, 3.63) is 131 Å². The average molecular weight is 738 g/mol. The fourth-order valence-corrected chi connectivity index (χ4v) is 7.40. The number of carbonyl (C=O) groups excluding carboxylic acids is 2. The molecule has 2 amide bonds. The van der Waals surface area contributed by atoms with Gasteiger partial charge >= 0.3 is 0 Å². The molecule has 8 rings (SSSR count). The molecule has 6 aromatic rings. The average Bonchev–Trinajstić information content (AvgIpc) is 3.81. The number of rotatable bonds is 9. The topological polar surface area (TPSA) is 165 Å². The van der Waals surface area contributed by atoms with Gasteiger partial charge in [-0.3, -0.25) is 23.8 Å². The van der Waals surface area contributed by atoms with E-state index in [1.807, 2.05) is 44.3 Å². The van der Waals surface area contributed by atoms with E-state index in [1.54, 1.807) is 34.0 Å². The number of phenols is 2. The minimum absolute atomic E-state index is 0.000137. The lowest BCUT2D eigenvalue weighted by molar-refractivity contribution is 0.0748. The molecule has 0 saturated carbocycles. The molecule has 0 bridgehead atoms. The van der Waals surface area contributed by atoms with E-state index in [1.165, 1.54) is 17.2 Å². The summed E-state index contributed by atoms with van der Waals surface area (Å²) in [6.07, 6.45) is 6.70. The number of piperazine rings is 1. The predicted octanol–water partition coefficient (Wildman–Crippen LogP) is 5.63. The number of anilines is 2. The molecular weight excluding hydrogens is 695 g/mol. The lowest BCUT2D eigenvalue weighted by atomic mass is 9.98. The smallest absolute Gasteiger partial charge is 0.274 e. The van der Waals surface area contributed by atoms with Crippen LogP contribution in [0.5, 0.6) is 11.5 Å². The van der Waals surface area contributed by atoms with Crippen LogP contribution >= 0.6 is 0 Å². The first kappa shape index (κ1) is 35.7. The molecule has 1 saturated heterocycles. The Kier molecular flexibility index (Phi) is 9.64. The molecular formula is C42H43N9O4. The van der Waals surface area contributed by atoms with Gasteiger partial charge in [0.25, 0.3) is 11.8 Å². The Morgan fingerprint density at radius 1 is 0.764 bits per heavy atom. The summed E-state index contributed by atoms with van der Waals surface area (Å²) in [7, 11) is 0. The Labute approximate surface area is 318 Å². The molecule has 5 N–H and O–H groups in total. The molecule has 55 heavy (non-hydrogen) atoms. The van der Waals surface area contributed by atoms with E-state index >= 15 is 0 Å². The summed E-state index contributed by atoms with van der Waals surface area (Å²) in [4.78, 5) is 45.9. The second-order valence-electron chi connectivity index (χ2n) is 14.7. The van der Waals surface area contributed by atoms with Crippen molar-refractivity contribution in [2.75, 3.05) is 37.2 Å². The molecule has 0 radical (unpaired) electrons. The van der Waals surface area contributed by atoms with Crippen LogP contribution in [0.15, 0.2) is 91.5 Å². The zero-order valence-corrected chi connectivity index (χ0v) is 30.8. The molecule has 13 heteroatoms. The van der Waals surface area contributed by atoms with Crippen LogP contribution in [0, 0.1) is 0 Å². The molecule has 3 aromatic carbocycles. The van der Waals surface area contributed by atoms with Crippen molar-refractivity contribution in [2.45, 2.75) is 45.9 Å². The summed E-state index contributed by atoms with van der Waals surface area (Å²) >= 11 is 0. The fourth-order valence-electron chi connectivity index (χ4n) is 7.40. The minimum atomic E-state index is -0.258. The molecule has 2 aliphatic rings. The SMILES string of the molecule is CC(C)c1cc(C(=O)N2Cc3ccc(CN4CCN(Cc5ccc(NC(=O)c6cnc7ccc(-c8cnc(N)nc8)cn67)cc5)CC4)cc3C2)c(O)cc1O. The van der Waals surface area contributed by atoms with E-state index in [2.05, 4.69) is 60.4 Å². The highest BCUT2D eigenvalue weighted by molar-refractivity contribution is 6.03. The predicted molar refractivity (Wildman–Crippen MR) is 209 cm³/mol. The summed E-state index contributed by atoms with van der Waals surface area (Å²) in [5, 5.41) is 23.7. The van der Waals surface area contributed by atoms with Crippen molar-refractivity contribution in [1.82, 2.24) is 34.1 Å². The van der Waals surface area contributed by atoms with Gasteiger partial charge in [-0.25, -0.2) is 15.0 Å². The molecule has 280 valence electrons. The summed E-state index contributed by atoms with van der Waals surface area (Å²) in [6, 6.07) is 21.1. The van der Waals surface area contributed by atoms with Crippen LogP contribution in [0.25, 0.3) is 16.8 Å². The highest BCUT2D eigenvalue weighted by atomic mass is 16.3. The Morgan fingerprint density at radius 3 is 2.15 bits per heavy atom. The molecule has 0 atom stereocenters. The number of fused-ring (bicyclic) bond motifs is 2. The maximum atomic E-state index is 13.4. The van der Waals surface area contributed by atoms with Crippen LogP contribution in [0.1, 0.15) is 68.4 Å². The van der Waals surface area contributed by atoms with Gasteiger partial charge in [0.05, 0.1) is 11.8 Å². The molecule has 0 aliphatic carbocycles. The second kappa shape index (κ2) is 14.8. The number of pyridine rings is 1. The highest BCUT2D eigenvalue weighted by Gasteiger charge is 2.28. The van der Waals surface area contributed by atoms with Gasteiger partial charge in [-0.05, 0) is 64.1 Å². The number of carbonyl (C=O) groups is 2. The first-order valence-corrected chi connectivity index (χ1v) is 18.4. The van der Waals surface area contributed by atoms with E-state index in [4.69, 9.17) is 5.73 Å². The van der Waals surface area contributed by atoms with Gasteiger partial charge in [-0.15, -0.1) is 0 Å². The lowest BCUT2D eigenvalue weighted by Gasteiger charge is -2.34. The molecule has 5 heterocycles. The number of phenolic OH excluding ortho intramolecular Hbond substituents is 2. The van der Waals surface area contributed by atoms with Gasteiger partial charge in [-0.2, -0.15) is 0 Å². The van der Waals surface area contributed by atoms with Crippen molar-refractivity contribution < 1.29 is 19.8 Å². The number of nitrogen functional groups attached to an aromatic ring is 1. The monoisotopic (exact) mass is 737 g/mol. The molecule has 1 fully saturated rings. The van der Waals surface area contributed by atoms with Gasteiger partial charge in [0.15, 0.2) is 0 Å². The molecule has 3 aromatic heterocycles. The van der Waals surface area contributed by atoms with Crippen LogP contribution in [0.4, 0.5) is 11.6 Å². The minimum Gasteiger partial charge on any atom is -0.508 e. The van der Waals surface area contributed by atoms with Crippen LogP contribution < -0.4 is 11.1 Å². The van der Waals surface area contributed by atoms with Gasteiger partial charge in [0, 0.05) is 93.8 Å². The number of hydrogen-bond donors (Lipinski definition) is 4. The third-order valence-corrected chi connectivity index (χ3v) is 10.5. The van der Waals surface area contributed by atoms with E-state index in [9.17, 15) is 19.8 Å². The number of nitrogens with one attached hydrogen (secondary N) is 1. The van der Waals surface area contributed by atoms with Crippen molar-refractivity contribution >= 4 is 29.1 Å². The largest absolute Gasteiger partial charge is 0.508 e. The van der Waals surface area contributed by atoms with Gasteiger partial charge < -0.3 is 26.2 Å². The number of hydrogen-bond acceptors (Lipinski definition) is 10. The zero-order chi connectivity index (χ0) is 38.2. The lowest BCUT2D eigenvalue weighted by Crippen LogP contribution is -2.45. The summed E-state index contributed by atoms with van der Waals surface area (Å²) in [5.41, 5.74) is 14.5. The van der Waals surface area contributed by atoms with E-state index < -0.39 is 0 Å². The van der Waals surface area contributed by atoms with Crippen LogP contribution in [0.2, 0.25) is 0 Å². The standard InChI is InChI=1S/C42H43N9O4/c1-26(2)34-16-35(38(53)17-37(34)52)41(55)50-23-29-6-3-28(15-31(29)24-50)22-49-13-11-48(12-14-49)21-27-4-8-33(9-5-27)47-40(54)36-20-44-39-10-7-30(25-51(36)39)32-18-45-42(43)46-19-32/h3-10,15-20,25-26,52-53H,11-14,21-24H2,1-2H3,(H,47,54)(H2,43,45,46). The molecule has 13 nitrogen and oxygen atoms in total. The maximum Gasteiger partial charge on any atom is 0.274 e. The normalized spacial score (nSPS) is 14.8. The number of nitrogens with zero attached hydrogens (tertiary/aromatic N) is 7. The Morgan fingerprint density at radius 2 is 1.44 bits per heavy atom. The molecule has 0 unspecified atom stereocenters. The zero-order valence-electron chi connectivity index (χ0n) is 30.8. The van der Waals surface area contributed by atoms with E-state index in [0.29, 0.717) is 35.7 Å². The van der Waals surface area contributed by atoms with Crippen molar-refractivity contribution in [1.29, 1.82) is 0 Å². The third kappa shape index (κ3) is 7.57. The summed E-state index contributed by atoms with van der Waals surface area (Å²) in [6.45, 7) is 10.3. The number of imidazole rings is 1. The molecule has 2 aliphatic heterocycles. The van der Waals surface area contributed by atoms with Gasteiger partial charge in [0.2, 0.25) is 5.95 Å². The van der Waals surface area contributed by atoms with Crippen LogP contribution in [0.3, 0.4) is 0 Å². The Balaban J connectivity index is 0.824. The second-order valence-corrected chi connectivity index (χ2v) is 14.7. The number of benzene rings is 3. The van der Waals surface area contributed by atoms with Crippen LogP contribution in [-0.2, 0) is 26.2 Å². The fraction of sp³-hybridized carbons (Fsp3) is 0.262. The number of amides is 2. The number of aromatic nitrogens is 4. The molecule has 0 spiro atoms. The first-order chi connectivity index (χ1) is 26.6. The number of aromatic hydroxyl groups is 2. The summed E-state index contributed by atoms with van der Waals surface area (Å²) in [5.74, 6) is -0.479. The van der Waals surface area contributed by atoms with Crippen molar-refractivity contribution in [3.8, 4) is 22.6 Å². The highest BCUT2D eigenvalue weighted by Crippen LogP contribution is 2.35. The van der Waals surface area contributed by atoms with Crippen LogP contribution in [-0.4, -0.2) is 82.3 Å². The maximum absolute atomic E-state index is 13.4. The Bertz CT molecular complexity index is 2380. The van der Waals surface area contributed by atoms with E-state index in [-0.39, 0.29) is 40.7 Å². The van der Waals surface area contributed by atoms with E-state index in [0.717, 1.165) is 61.5 Å². The van der Waals surface area contributed by atoms with Crippen molar-refractivity contribution in [3.63, 3.8) is 0 Å². The summed E-state index contributed by atoms with van der Waals surface area (Å²) < 4.78 is 1.76. The third-order valence-electron chi connectivity index (χ3n) is 10.5. The number of nitrogens with two attached hydrogens (primary N) is 1. The quantitative estimate of drug-likeness (QED) is 0.146. The first-order valence-electron chi connectivity index (χ1n) is 18.4. The van der Waals surface area contributed by atoms with Gasteiger partial charge in [-0.1, -0.05) is 44.2 Å². The van der Waals surface area contributed by atoms with Gasteiger partial charge in [0.1, 0.15) is 22.8 Å². The Hall–Kier alpha value is -6.31. The van der Waals surface area contributed by atoms with Crippen molar-refractivity contribution in [2.24, 2.45) is 0 Å².